The predicted molar refractivity (Wildman–Crippen MR) is 77.7 cm³/mol. The molecule has 1 saturated heterocycles. The molecule has 6 heteroatoms. The van der Waals surface area contributed by atoms with Crippen molar-refractivity contribution in [2.75, 3.05) is 32.7 Å². The Kier molecular flexibility index (Phi) is 5.80. The van der Waals surface area contributed by atoms with E-state index in [0.29, 0.717) is 25.6 Å². The van der Waals surface area contributed by atoms with Crippen LogP contribution in [0.25, 0.3) is 0 Å². The molecule has 2 amide bonds. The van der Waals surface area contributed by atoms with E-state index in [-0.39, 0.29) is 12.6 Å². The minimum atomic E-state index is -0.893. The van der Waals surface area contributed by atoms with Gasteiger partial charge in [-0.1, -0.05) is 6.92 Å². The predicted octanol–water partition coefficient (Wildman–Crippen LogP) is 1.22. The summed E-state index contributed by atoms with van der Waals surface area (Å²) in [6, 6.07) is 0.338. The van der Waals surface area contributed by atoms with E-state index in [1.54, 1.807) is 11.8 Å². The smallest absolute Gasteiger partial charge is 0.317 e. The number of rotatable bonds is 5. The summed E-state index contributed by atoms with van der Waals surface area (Å²) in [7, 11) is 0. The first-order valence-corrected chi connectivity index (χ1v) is 7.30. The van der Waals surface area contributed by atoms with Crippen LogP contribution < -0.4 is 5.32 Å². The lowest BCUT2D eigenvalue weighted by Gasteiger charge is -2.37. The van der Waals surface area contributed by atoms with Crippen LogP contribution in [-0.4, -0.2) is 65.7 Å². The van der Waals surface area contributed by atoms with Gasteiger partial charge in [-0.3, -0.25) is 9.69 Å². The Bertz CT molecular complexity index is 352. The number of carbonyl (C=O) groups excluding carboxylic acids is 1. The highest BCUT2D eigenvalue weighted by Crippen LogP contribution is 2.20. The standard InChI is InChI=1S/C14H27N3O3/c1-5-14(4,12(18)19)10-15-13(20)17-8-6-16(7-9-17)11(2)3/h11H,5-10H2,1-4H3,(H,15,20)(H,18,19). The molecule has 1 aliphatic rings. The molecule has 0 aromatic rings. The summed E-state index contributed by atoms with van der Waals surface area (Å²) in [6.07, 6.45) is 0.490. The molecule has 1 atom stereocenters. The van der Waals surface area contributed by atoms with Gasteiger partial charge in [0, 0.05) is 38.8 Å². The average Bonchev–Trinajstić information content (AvgIpc) is 2.44. The molecule has 0 saturated carbocycles. The SMILES string of the molecule is CCC(C)(CNC(=O)N1CCN(C(C)C)CC1)C(=O)O. The molecule has 0 bridgehead atoms. The van der Waals surface area contributed by atoms with Gasteiger partial charge in [0.15, 0.2) is 0 Å². The van der Waals surface area contributed by atoms with Gasteiger partial charge in [0.25, 0.3) is 0 Å². The Morgan fingerprint density at radius 1 is 1.25 bits per heavy atom. The maximum Gasteiger partial charge on any atom is 0.317 e. The second-order valence-electron chi connectivity index (χ2n) is 5.99. The molecule has 1 rings (SSSR count). The van der Waals surface area contributed by atoms with Crippen LogP contribution in [0.15, 0.2) is 0 Å². The van der Waals surface area contributed by atoms with E-state index in [4.69, 9.17) is 0 Å². The van der Waals surface area contributed by atoms with Crippen LogP contribution in [0.4, 0.5) is 4.79 Å². The van der Waals surface area contributed by atoms with Gasteiger partial charge in [0.1, 0.15) is 0 Å². The summed E-state index contributed by atoms with van der Waals surface area (Å²) in [6.45, 7) is 11.1. The van der Waals surface area contributed by atoms with Crippen LogP contribution in [-0.2, 0) is 4.79 Å². The zero-order valence-electron chi connectivity index (χ0n) is 13.0. The molecular formula is C14H27N3O3. The van der Waals surface area contributed by atoms with E-state index in [2.05, 4.69) is 24.1 Å². The van der Waals surface area contributed by atoms with Crippen LogP contribution in [0.5, 0.6) is 0 Å². The van der Waals surface area contributed by atoms with E-state index in [9.17, 15) is 14.7 Å². The number of aliphatic carboxylic acids is 1. The summed E-state index contributed by atoms with van der Waals surface area (Å²) in [5, 5.41) is 11.9. The summed E-state index contributed by atoms with van der Waals surface area (Å²) >= 11 is 0. The second kappa shape index (κ2) is 6.92. The average molecular weight is 285 g/mol. The fraction of sp³-hybridized carbons (Fsp3) is 0.857. The van der Waals surface area contributed by atoms with E-state index in [0.717, 1.165) is 13.1 Å². The highest BCUT2D eigenvalue weighted by molar-refractivity contribution is 5.78. The number of hydrogen-bond acceptors (Lipinski definition) is 3. The summed E-state index contributed by atoms with van der Waals surface area (Å²) in [4.78, 5) is 27.3. The fourth-order valence-corrected chi connectivity index (χ4v) is 2.18. The third-order valence-corrected chi connectivity index (χ3v) is 4.26. The van der Waals surface area contributed by atoms with E-state index in [1.165, 1.54) is 0 Å². The van der Waals surface area contributed by atoms with Crippen molar-refractivity contribution in [1.29, 1.82) is 0 Å². The number of hydrogen-bond donors (Lipinski definition) is 2. The van der Waals surface area contributed by atoms with Crippen LogP contribution in [0.2, 0.25) is 0 Å². The van der Waals surface area contributed by atoms with Gasteiger partial charge in [0.2, 0.25) is 0 Å². The van der Waals surface area contributed by atoms with Crippen molar-refractivity contribution in [3.8, 4) is 0 Å². The largest absolute Gasteiger partial charge is 0.481 e. The first-order valence-electron chi connectivity index (χ1n) is 7.30. The molecule has 6 nitrogen and oxygen atoms in total. The molecule has 1 fully saturated rings. The molecule has 0 aromatic carbocycles. The Hall–Kier alpha value is -1.30. The van der Waals surface area contributed by atoms with Crippen molar-refractivity contribution in [3.63, 3.8) is 0 Å². The number of piperazine rings is 1. The topological polar surface area (TPSA) is 72.9 Å². The van der Waals surface area contributed by atoms with Gasteiger partial charge in [0.05, 0.1) is 5.41 Å². The van der Waals surface area contributed by atoms with Gasteiger partial charge < -0.3 is 15.3 Å². The van der Waals surface area contributed by atoms with Crippen molar-refractivity contribution < 1.29 is 14.7 Å². The molecule has 1 unspecified atom stereocenters. The number of amides is 2. The van der Waals surface area contributed by atoms with Crippen molar-refractivity contribution in [2.45, 2.75) is 40.2 Å². The zero-order valence-corrected chi connectivity index (χ0v) is 13.0. The number of nitrogens with zero attached hydrogens (tertiary/aromatic N) is 2. The van der Waals surface area contributed by atoms with E-state index in [1.807, 2.05) is 6.92 Å². The highest BCUT2D eigenvalue weighted by atomic mass is 16.4. The maximum absolute atomic E-state index is 12.1. The van der Waals surface area contributed by atoms with E-state index >= 15 is 0 Å². The molecule has 20 heavy (non-hydrogen) atoms. The Morgan fingerprint density at radius 2 is 1.80 bits per heavy atom. The Balaban J connectivity index is 2.43. The summed E-state index contributed by atoms with van der Waals surface area (Å²) in [5.74, 6) is -0.870. The Morgan fingerprint density at radius 3 is 2.20 bits per heavy atom. The number of nitrogens with one attached hydrogen (secondary N) is 1. The Labute approximate surface area is 121 Å². The lowest BCUT2D eigenvalue weighted by molar-refractivity contribution is -0.147. The lowest BCUT2D eigenvalue weighted by atomic mass is 9.88. The number of carboxylic acid groups (broad SMARTS) is 1. The molecule has 1 aliphatic heterocycles. The molecular weight excluding hydrogens is 258 g/mol. The van der Waals surface area contributed by atoms with Crippen LogP contribution >= 0.6 is 0 Å². The first-order chi connectivity index (χ1) is 9.30. The minimum absolute atomic E-state index is 0.158. The molecule has 0 radical (unpaired) electrons. The summed E-state index contributed by atoms with van der Waals surface area (Å²) < 4.78 is 0. The quantitative estimate of drug-likeness (QED) is 0.796. The third kappa shape index (κ3) is 4.10. The van der Waals surface area contributed by atoms with Gasteiger partial charge in [-0.05, 0) is 27.2 Å². The summed E-state index contributed by atoms with van der Waals surface area (Å²) in [5.41, 5.74) is -0.893. The fourth-order valence-electron chi connectivity index (χ4n) is 2.18. The normalized spacial score (nSPS) is 19.8. The lowest BCUT2D eigenvalue weighted by Crippen LogP contribution is -2.54. The van der Waals surface area contributed by atoms with Crippen molar-refractivity contribution in [1.82, 2.24) is 15.1 Å². The number of carboxylic acids is 1. The molecule has 116 valence electrons. The first kappa shape index (κ1) is 16.8. The van der Waals surface area contributed by atoms with Crippen LogP contribution in [0.3, 0.4) is 0 Å². The third-order valence-electron chi connectivity index (χ3n) is 4.26. The van der Waals surface area contributed by atoms with Gasteiger partial charge in [-0.15, -0.1) is 0 Å². The molecule has 1 heterocycles. The highest BCUT2D eigenvalue weighted by Gasteiger charge is 2.32. The molecule has 2 N–H and O–H groups in total. The zero-order chi connectivity index (χ0) is 15.3. The maximum atomic E-state index is 12.1. The van der Waals surface area contributed by atoms with Crippen LogP contribution in [0, 0.1) is 5.41 Å². The van der Waals surface area contributed by atoms with Gasteiger partial charge in [-0.25, -0.2) is 4.79 Å². The van der Waals surface area contributed by atoms with Crippen LogP contribution in [0.1, 0.15) is 34.1 Å². The monoisotopic (exact) mass is 285 g/mol. The van der Waals surface area contributed by atoms with Crippen molar-refractivity contribution in [2.24, 2.45) is 5.41 Å². The van der Waals surface area contributed by atoms with Crippen molar-refractivity contribution >= 4 is 12.0 Å². The van der Waals surface area contributed by atoms with Gasteiger partial charge in [-0.2, -0.15) is 0 Å². The van der Waals surface area contributed by atoms with Crippen molar-refractivity contribution in [3.05, 3.63) is 0 Å². The number of urea groups is 1. The van der Waals surface area contributed by atoms with Gasteiger partial charge >= 0.3 is 12.0 Å². The molecule has 0 aromatic heterocycles. The van der Waals surface area contributed by atoms with E-state index < -0.39 is 11.4 Å². The number of carbonyl (C=O) groups is 2. The molecule has 0 aliphatic carbocycles. The second-order valence-corrected chi connectivity index (χ2v) is 5.99. The molecule has 0 spiro atoms. The minimum Gasteiger partial charge on any atom is -0.481 e.